The average molecular weight is 99.1 g/mol. The first-order chi connectivity index (χ1) is 3.39. The fourth-order valence-electron chi connectivity index (χ4n) is 0.248. The standard InChI is InChI=1S/C3H3N2O2/c6-3-5-4-1-2-7-3/h2H2,(H,5,6). The number of hydrogen-bond donors (Lipinski definition) is 1. The van der Waals surface area contributed by atoms with Gasteiger partial charge in [0.2, 0.25) is 0 Å². The first-order valence-corrected chi connectivity index (χ1v) is 1.75. The second-order valence-electron chi connectivity index (χ2n) is 0.958. The van der Waals surface area contributed by atoms with Crippen LogP contribution < -0.4 is 5.43 Å². The van der Waals surface area contributed by atoms with Gasteiger partial charge in [-0.25, -0.2) is 10.2 Å². The third-order valence-electron chi connectivity index (χ3n) is 0.494. The zero-order valence-electron chi connectivity index (χ0n) is 3.47. The van der Waals surface area contributed by atoms with E-state index in [-0.39, 0.29) is 6.61 Å². The van der Waals surface area contributed by atoms with E-state index in [4.69, 9.17) is 0 Å². The zero-order chi connectivity index (χ0) is 5.11. The molecule has 0 unspecified atom stereocenters. The van der Waals surface area contributed by atoms with Crippen LogP contribution >= 0.6 is 0 Å². The van der Waals surface area contributed by atoms with Gasteiger partial charge in [-0.1, -0.05) is 0 Å². The van der Waals surface area contributed by atoms with Crippen LogP contribution in [0.2, 0.25) is 0 Å². The third kappa shape index (κ3) is 0.887. The fraction of sp³-hybridized carbons (Fsp3) is 0.333. The topological polar surface area (TPSA) is 50.7 Å². The molecule has 37 valence electrons. The fourth-order valence-corrected chi connectivity index (χ4v) is 0.248. The molecule has 1 N–H and O–H groups in total. The summed E-state index contributed by atoms with van der Waals surface area (Å²) in [7, 11) is 0. The summed E-state index contributed by atoms with van der Waals surface area (Å²) in [5.41, 5.74) is 2.03. The van der Waals surface area contributed by atoms with E-state index < -0.39 is 6.09 Å². The van der Waals surface area contributed by atoms with E-state index in [1.807, 2.05) is 5.43 Å². The van der Waals surface area contributed by atoms with E-state index >= 15 is 0 Å². The predicted molar refractivity (Wildman–Crippen MR) is 21.9 cm³/mol. The number of rotatable bonds is 0. The molecule has 0 atom stereocenters. The minimum atomic E-state index is -0.515. The quantitative estimate of drug-likeness (QED) is 0.448. The van der Waals surface area contributed by atoms with Gasteiger partial charge in [-0.15, -0.1) is 0 Å². The van der Waals surface area contributed by atoms with Gasteiger partial charge in [-0.3, -0.25) is 0 Å². The number of ether oxygens (including phenoxy) is 1. The van der Waals surface area contributed by atoms with Gasteiger partial charge in [0.25, 0.3) is 0 Å². The molecule has 0 fully saturated rings. The maximum absolute atomic E-state index is 10.00. The maximum Gasteiger partial charge on any atom is 0.428 e. The van der Waals surface area contributed by atoms with Crippen molar-refractivity contribution in [1.29, 1.82) is 0 Å². The Hall–Kier alpha value is -1.06. The molecule has 4 heteroatoms. The van der Waals surface area contributed by atoms with Crippen molar-refractivity contribution in [1.82, 2.24) is 5.43 Å². The molecule has 0 saturated heterocycles. The van der Waals surface area contributed by atoms with E-state index in [2.05, 4.69) is 16.1 Å². The van der Waals surface area contributed by atoms with Crippen molar-refractivity contribution in [3.63, 3.8) is 0 Å². The summed E-state index contributed by atoms with van der Waals surface area (Å²) >= 11 is 0. The lowest BCUT2D eigenvalue weighted by Gasteiger charge is -2.02. The molecule has 1 radical (unpaired) electrons. The van der Waals surface area contributed by atoms with Crippen LogP contribution in [0.1, 0.15) is 0 Å². The van der Waals surface area contributed by atoms with Gasteiger partial charge in [-0.2, -0.15) is 5.10 Å². The molecule has 0 aliphatic carbocycles. The van der Waals surface area contributed by atoms with E-state index in [9.17, 15) is 4.79 Å². The number of nitrogens with zero attached hydrogens (tertiary/aromatic N) is 1. The highest BCUT2D eigenvalue weighted by atomic mass is 16.6. The number of hydrazone groups is 1. The highest BCUT2D eigenvalue weighted by molar-refractivity contribution is 5.74. The lowest BCUT2D eigenvalue weighted by atomic mass is 10.8. The van der Waals surface area contributed by atoms with Crippen LogP contribution in [-0.4, -0.2) is 18.9 Å². The first-order valence-electron chi connectivity index (χ1n) is 1.75. The predicted octanol–water partition coefficient (Wildman–Crippen LogP) is -0.411. The van der Waals surface area contributed by atoms with Crippen LogP contribution in [-0.2, 0) is 4.74 Å². The second-order valence-corrected chi connectivity index (χ2v) is 0.958. The van der Waals surface area contributed by atoms with Gasteiger partial charge in [0.15, 0.2) is 0 Å². The van der Waals surface area contributed by atoms with E-state index in [1.54, 1.807) is 0 Å². The summed E-state index contributed by atoms with van der Waals surface area (Å²) in [5.74, 6) is 0. The van der Waals surface area contributed by atoms with Crippen LogP contribution in [0.25, 0.3) is 0 Å². The summed E-state index contributed by atoms with van der Waals surface area (Å²) in [6, 6.07) is 0. The number of amides is 1. The molecule has 1 heterocycles. The molecule has 0 spiro atoms. The van der Waals surface area contributed by atoms with Crippen molar-refractivity contribution in [3.05, 3.63) is 0 Å². The molecule has 1 rings (SSSR count). The summed E-state index contributed by atoms with van der Waals surface area (Å²) in [6.07, 6.45) is 1.87. The molecule has 0 saturated carbocycles. The summed E-state index contributed by atoms with van der Waals surface area (Å²) in [6.45, 7) is 0.159. The Labute approximate surface area is 40.2 Å². The molecule has 4 nitrogen and oxygen atoms in total. The largest absolute Gasteiger partial charge is 0.442 e. The number of carbonyl (C=O) groups is 1. The van der Waals surface area contributed by atoms with Gasteiger partial charge in [0.05, 0.1) is 0 Å². The second kappa shape index (κ2) is 1.59. The number of nitrogens with one attached hydrogen (secondary N) is 1. The van der Waals surface area contributed by atoms with Gasteiger partial charge in [0, 0.05) is 0 Å². The van der Waals surface area contributed by atoms with Crippen molar-refractivity contribution in [2.24, 2.45) is 5.10 Å². The van der Waals surface area contributed by atoms with Gasteiger partial charge < -0.3 is 4.74 Å². The number of carbonyl (C=O) groups excluding carboxylic acids is 1. The highest BCUT2D eigenvalue weighted by Gasteiger charge is 2.00. The minimum absolute atomic E-state index is 0.159. The zero-order valence-corrected chi connectivity index (χ0v) is 3.47. The van der Waals surface area contributed by atoms with Crippen molar-refractivity contribution in [2.75, 3.05) is 6.61 Å². The van der Waals surface area contributed by atoms with Gasteiger partial charge in [-0.05, 0) is 0 Å². The molecule has 1 aliphatic heterocycles. The monoisotopic (exact) mass is 99.0 g/mol. The Kier molecular flexibility index (Phi) is 0.934. The van der Waals surface area contributed by atoms with E-state index in [0.29, 0.717) is 0 Å². The lowest BCUT2D eigenvalue weighted by Crippen LogP contribution is -2.24. The minimum Gasteiger partial charge on any atom is -0.442 e. The summed E-state index contributed by atoms with van der Waals surface area (Å²) < 4.78 is 4.32. The van der Waals surface area contributed by atoms with Crippen molar-refractivity contribution >= 4 is 12.3 Å². The Bertz CT molecular complexity index is 110. The normalized spacial score (nSPS) is 18.0. The van der Waals surface area contributed by atoms with Crippen LogP contribution in [0.5, 0.6) is 0 Å². The average Bonchev–Trinajstić information content (AvgIpc) is 1.69. The van der Waals surface area contributed by atoms with Crippen LogP contribution in [0, 0.1) is 0 Å². The SMILES string of the molecule is O=C1NN=[C]CO1. The molecular formula is C3H3N2O2. The molecule has 0 bridgehead atoms. The summed E-state index contributed by atoms with van der Waals surface area (Å²) in [4.78, 5) is 10.00. The smallest absolute Gasteiger partial charge is 0.428 e. The Morgan fingerprint density at radius 1 is 2.00 bits per heavy atom. The molecule has 0 aromatic carbocycles. The maximum atomic E-state index is 10.00. The van der Waals surface area contributed by atoms with Crippen molar-refractivity contribution < 1.29 is 9.53 Å². The third-order valence-corrected chi connectivity index (χ3v) is 0.494. The number of hydrogen-bond acceptors (Lipinski definition) is 3. The molecule has 1 amide bonds. The van der Waals surface area contributed by atoms with Crippen LogP contribution in [0.15, 0.2) is 5.10 Å². The Morgan fingerprint density at radius 3 is 3.14 bits per heavy atom. The van der Waals surface area contributed by atoms with Crippen molar-refractivity contribution in [3.8, 4) is 0 Å². The van der Waals surface area contributed by atoms with Gasteiger partial charge >= 0.3 is 6.09 Å². The summed E-state index contributed by atoms with van der Waals surface area (Å²) in [5, 5.41) is 3.28. The van der Waals surface area contributed by atoms with Crippen LogP contribution in [0.3, 0.4) is 0 Å². The molecule has 0 aromatic heterocycles. The Morgan fingerprint density at radius 2 is 2.86 bits per heavy atom. The molecule has 7 heavy (non-hydrogen) atoms. The number of cyclic esters (lactones) is 1. The molecular weight excluding hydrogens is 96.0 g/mol. The lowest BCUT2D eigenvalue weighted by molar-refractivity contribution is 0.158. The van der Waals surface area contributed by atoms with E-state index in [1.165, 1.54) is 0 Å². The highest BCUT2D eigenvalue weighted by Crippen LogP contribution is 1.78. The first kappa shape index (κ1) is 4.11. The molecule has 0 aromatic rings. The van der Waals surface area contributed by atoms with Crippen molar-refractivity contribution in [2.45, 2.75) is 0 Å². The van der Waals surface area contributed by atoms with Gasteiger partial charge in [0.1, 0.15) is 12.8 Å². The van der Waals surface area contributed by atoms with Crippen LogP contribution in [0.4, 0.5) is 4.79 Å². The van der Waals surface area contributed by atoms with E-state index in [0.717, 1.165) is 0 Å². The Balaban J connectivity index is 2.47. The molecule has 1 aliphatic rings.